The Kier molecular flexibility index (Phi) is 7.91. The van der Waals surface area contributed by atoms with E-state index in [0.29, 0.717) is 49.2 Å². The highest BCUT2D eigenvalue weighted by molar-refractivity contribution is 6.30. The van der Waals surface area contributed by atoms with Gasteiger partial charge in [0.05, 0.1) is 6.61 Å². The number of rotatable bonds is 10. The average molecular weight is 414 g/mol. The fraction of sp³-hybridized carbons (Fsp3) is 0.250. The van der Waals surface area contributed by atoms with E-state index < -0.39 is 0 Å². The highest BCUT2D eigenvalue weighted by Crippen LogP contribution is 2.29. The van der Waals surface area contributed by atoms with Gasteiger partial charge in [0.15, 0.2) is 11.5 Å². The van der Waals surface area contributed by atoms with Gasteiger partial charge >= 0.3 is 0 Å². The van der Waals surface area contributed by atoms with Crippen LogP contribution in [0.25, 0.3) is 0 Å². The number of ether oxygens (including phenoxy) is 2. The predicted molar refractivity (Wildman–Crippen MR) is 115 cm³/mol. The zero-order valence-corrected chi connectivity index (χ0v) is 17.2. The number of nitrogens with one attached hydrogen (secondary N) is 1. The van der Waals surface area contributed by atoms with Crippen LogP contribution < -0.4 is 14.8 Å². The molecule has 1 N–H and O–H groups in total. The maximum Gasteiger partial charge on any atom is 0.161 e. The molecular weight excluding hydrogens is 389 g/mol. The lowest BCUT2D eigenvalue weighted by molar-refractivity contribution is 0.269. The van der Waals surface area contributed by atoms with Crippen molar-refractivity contribution >= 4 is 11.6 Å². The van der Waals surface area contributed by atoms with Crippen molar-refractivity contribution < 1.29 is 13.9 Å². The van der Waals surface area contributed by atoms with E-state index in [-0.39, 0.29) is 5.82 Å². The molecule has 5 heteroatoms. The molecule has 0 saturated carbocycles. The number of hydrogen-bond acceptors (Lipinski definition) is 3. The van der Waals surface area contributed by atoms with Gasteiger partial charge in [-0.2, -0.15) is 0 Å². The molecule has 0 radical (unpaired) electrons. The van der Waals surface area contributed by atoms with E-state index in [1.807, 2.05) is 61.5 Å². The van der Waals surface area contributed by atoms with E-state index in [4.69, 9.17) is 21.1 Å². The van der Waals surface area contributed by atoms with Crippen LogP contribution in [-0.4, -0.2) is 13.2 Å². The summed E-state index contributed by atoms with van der Waals surface area (Å²) in [5.74, 6) is 1.25. The zero-order chi connectivity index (χ0) is 20.5. The Balaban J connectivity index is 1.56. The minimum Gasteiger partial charge on any atom is -0.490 e. The zero-order valence-electron chi connectivity index (χ0n) is 16.5. The van der Waals surface area contributed by atoms with Gasteiger partial charge in [0, 0.05) is 11.6 Å². The van der Waals surface area contributed by atoms with Gasteiger partial charge in [-0.25, -0.2) is 4.39 Å². The second kappa shape index (κ2) is 10.8. The summed E-state index contributed by atoms with van der Waals surface area (Å²) in [5.41, 5.74) is 2.80. The lowest BCUT2D eigenvalue weighted by Crippen LogP contribution is -2.17. The van der Waals surface area contributed by atoms with Crippen LogP contribution in [0.1, 0.15) is 23.6 Å². The van der Waals surface area contributed by atoms with Crippen LogP contribution in [0.3, 0.4) is 0 Å². The molecule has 0 heterocycles. The molecule has 0 aliphatic carbocycles. The standard InChI is InChI=1S/C24H25ClFNO2/c1-2-28-24-15-18(16-27-13-12-20-7-3-4-9-22(20)26)10-11-23(24)29-17-19-6-5-8-21(25)14-19/h3-11,14-15,27H,2,12-13,16-17H2,1H3. The van der Waals surface area contributed by atoms with Crippen molar-refractivity contribution in [2.75, 3.05) is 13.2 Å². The van der Waals surface area contributed by atoms with E-state index in [1.54, 1.807) is 6.07 Å². The van der Waals surface area contributed by atoms with Gasteiger partial charge in [-0.1, -0.05) is 48.0 Å². The number of hydrogen-bond donors (Lipinski definition) is 1. The maximum atomic E-state index is 13.7. The van der Waals surface area contributed by atoms with Crippen molar-refractivity contribution in [1.29, 1.82) is 0 Å². The molecule has 0 bridgehead atoms. The molecule has 0 fully saturated rings. The summed E-state index contributed by atoms with van der Waals surface area (Å²) in [6, 6.07) is 20.4. The van der Waals surface area contributed by atoms with Gasteiger partial charge in [-0.3, -0.25) is 0 Å². The number of benzene rings is 3. The maximum absolute atomic E-state index is 13.7. The molecule has 0 aliphatic heterocycles. The molecule has 29 heavy (non-hydrogen) atoms. The first-order valence-electron chi connectivity index (χ1n) is 9.73. The smallest absolute Gasteiger partial charge is 0.161 e. The lowest BCUT2D eigenvalue weighted by atomic mass is 10.1. The van der Waals surface area contributed by atoms with E-state index >= 15 is 0 Å². The predicted octanol–water partition coefficient (Wildman–Crippen LogP) is 5.79. The molecule has 3 rings (SSSR count). The van der Waals surface area contributed by atoms with Gasteiger partial charge < -0.3 is 14.8 Å². The highest BCUT2D eigenvalue weighted by Gasteiger charge is 2.08. The van der Waals surface area contributed by atoms with E-state index in [0.717, 1.165) is 16.7 Å². The summed E-state index contributed by atoms with van der Waals surface area (Å²) in [5, 5.41) is 4.04. The van der Waals surface area contributed by atoms with E-state index in [2.05, 4.69) is 5.32 Å². The van der Waals surface area contributed by atoms with Crippen LogP contribution >= 0.6 is 11.6 Å². The fourth-order valence-corrected chi connectivity index (χ4v) is 3.21. The quantitative estimate of drug-likeness (QED) is 0.427. The summed E-state index contributed by atoms with van der Waals surface area (Å²) in [6.45, 7) is 4.28. The van der Waals surface area contributed by atoms with Gasteiger partial charge in [0.25, 0.3) is 0 Å². The van der Waals surface area contributed by atoms with Crippen LogP contribution in [0.2, 0.25) is 5.02 Å². The largest absolute Gasteiger partial charge is 0.490 e. The molecule has 152 valence electrons. The topological polar surface area (TPSA) is 30.5 Å². The second-order valence-electron chi connectivity index (χ2n) is 6.65. The second-order valence-corrected chi connectivity index (χ2v) is 7.09. The average Bonchev–Trinajstić information content (AvgIpc) is 2.72. The van der Waals surface area contributed by atoms with E-state index in [1.165, 1.54) is 6.07 Å². The van der Waals surface area contributed by atoms with Crippen LogP contribution in [0.5, 0.6) is 11.5 Å². The molecule has 0 saturated heterocycles. The summed E-state index contributed by atoms with van der Waals surface area (Å²) >= 11 is 6.03. The molecule has 0 amide bonds. The third-order valence-electron chi connectivity index (χ3n) is 4.45. The normalized spacial score (nSPS) is 10.7. The van der Waals surface area contributed by atoms with Crippen molar-refractivity contribution in [3.63, 3.8) is 0 Å². The summed E-state index contributed by atoms with van der Waals surface area (Å²) < 4.78 is 25.4. The Bertz CT molecular complexity index is 932. The first-order valence-corrected chi connectivity index (χ1v) is 10.1. The summed E-state index contributed by atoms with van der Waals surface area (Å²) in [6.07, 6.45) is 0.645. The van der Waals surface area contributed by atoms with Crippen LogP contribution in [0, 0.1) is 5.82 Å². The van der Waals surface area contributed by atoms with Crippen molar-refractivity contribution in [2.45, 2.75) is 26.5 Å². The molecule has 0 atom stereocenters. The molecule has 3 nitrogen and oxygen atoms in total. The molecule has 3 aromatic carbocycles. The van der Waals surface area contributed by atoms with Gasteiger partial charge in [-0.15, -0.1) is 0 Å². The SMILES string of the molecule is CCOc1cc(CNCCc2ccccc2F)ccc1OCc1cccc(Cl)c1. The van der Waals surface area contributed by atoms with E-state index in [9.17, 15) is 4.39 Å². The van der Waals surface area contributed by atoms with Crippen molar-refractivity contribution in [2.24, 2.45) is 0 Å². The molecule has 0 aliphatic rings. The minimum atomic E-state index is -0.158. The minimum absolute atomic E-state index is 0.158. The monoisotopic (exact) mass is 413 g/mol. The first kappa shape index (κ1) is 21.2. The molecule has 0 unspecified atom stereocenters. The Hall–Kier alpha value is -2.56. The third kappa shape index (κ3) is 6.48. The Morgan fingerprint density at radius 1 is 0.897 bits per heavy atom. The van der Waals surface area contributed by atoms with Crippen molar-refractivity contribution in [3.8, 4) is 11.5 Å². The van der Waals surface area contributed by atoms with Crippen LogP contribution in [0.15, 0.2) is 66.7 Å². The molecule has 0 aromatic heterocycles. The van der Waals surface area contributed by atoms with Gasteiger partial charge in [-0.05, 0) is 66.9 Å². The van der Waals surface area contributed by atoms with Gasteiger partial charge in [0.1, 0.15) is 12.4 Å². The van der Waals surface area contributed by atoms with Crippen molar-refractivity contribution in [1.82, 2.24) is 5.32 Å². The molecular formula is C24H25ClFNO2. The fourth-order valence-electron chi connectivity index (χ4n) is 2.99. The first-order chi connectivity index (χ1) is 14.2. The van der Waals surface area contributed by atoms with Crippen LogP contribution in [0.4, 0.5) is 4.39 Å². The highest BCUT2D eigenvalue weighted by atomic mass is 35.5. The molecule has 0 spiro atoms. The van der Waals surface area contributed by atoms with Gasteiger partial charge in [0.2, 0.25) is 0 Å². The number of halogens is 2. The summed E-state index contributed by atoms with van der Waals surface area (Å²) in [7, 11) is 0. The Morgan fingerprint density at radius 2 is 1.76 bits per heavy atom. The van der Waals surface area contributed by atoms with Crippen molar-refractivity contribution in [3.05, 3.63) is 94.3 Å². The Labute approximate surface area is 176 Å². The lowest BCUT2D eigenvalue weighted by Gasteiger charge is -2.14. The summed E-state index contributed by atoms with van der Waals surface area (Å²) in [4.78, 5) is 0. The Morgan fingerprint density at radius 3 is 2.55 bits per heavy atom. The third-order valence-corrected chi connectivity index (χ3v) is 4.68. The molecule has 3 aromatic rings. The van der Waals surface area contributed by atoms with Crippen LogP contribution in [-0.2, 0) is 19.6 Å².